The summed E-state index contributed by atoms with van der Waals surface area (Å²) < 4.78 is 45.6. The minimum atomic E-state index is -4.30. The van der Waals surface area contributed by atoms with Crippen LogP contribution in [0.15, 0.2) is 47.4 Å². The molecule has 0 aliphatic carbocycles. The summed E-state index contributed by atoms with van der Waals surface area (Å²) in [5, 5.41) is 3.90. The zero-order valence-corrected chi connectivity index (χ0v) is 15.0. The molecule has 1 aromatic heterocycles. The van der Waals surface area contributed by atoms with Crippen molar-refractivity contribution in [1.29, 1.82) is 0 Å². The molecule has 25 heavy (non-hydrogen) atoms. The van der Waals surface area contributed by atoms with E-state index in [4.69, 9.17) is 27.9 Å². The van der Waals surface area contributed by atoms with Gasteiger partial charge in [0.05, 0.1) is 17.7 Å². The third-order valence-electron chi connectivity index (χ3n) is 3.26. The van der Waals surface area contributed by atoms with Gasteiger partial charge in [-0.1, -0.05) is 40.4 Å². The van der Waals surface area contributed by atoms with Gasteiger partial charge in [0, 0.05) is 5.02 Å². The lowest BCUT2D eigenvalue weighted by atomic mass is 10.2. The lowest BCUT2D eigenvalue weighted by molar-refractivity contribution is 0.380. The van der Waals surface area contributed by atoms with E-state index in [1.807, 2.05) is 0 Å². The van der Waals surface area contributed by atoms with Crippen LogP contribution in [-0.4, -0.2) is 29.7 Å². The number of ether oxygens (including phenoxy) is 1. The summed E-state index contributed by atoms with van der Waals surface area (Å²) in [7, 11) is -3.03. The predicted molar refractivity (Wildman–Crippen MR) is 91.0 cm³/mol. The van der Waals surface area contributed by atoms with Crippen LogP contribution in [0.4, 0.5) is 4.39 Å². The first-order valence-corrected chi connectivity index (χ1v) is 9.01. The van der Waals surface area contributed by atoms with Crippen LogP contribution in [0.25, 0.3) is 11.4 Å². The van der Waals surface area contributed by atoms with Crippen molar-refractivity contribution in [2.24, 2.45) is 0 Å². The highest BCUT2D eigenvalue weighted by Crippen LogP contribution is 2.30. The fourth-order valence-electron chi connectivity index (χ4n) is 2.11. The van der Waals surface area contributed by atoms with Crippen molar-refractivity contribution in [3.8, 4) is 17.4 Å². The Hall–Kier alpha value is -2.16. The molecule has 0 unspecified atom stereocenters. The van der Waals surface area contributed by atoms with Gasteiger partial charge in [-0.2, -0.15) is 13.4 Å². The number of rotatable bonds is 4. The van der Waals surface area contributed by atoms with Crippen molar-refractivity contribution in [3.05, 3.63) is 58.3 Å². The van der Waals surface area contributed by atoms with Gasteiger partial charge in [-0.25, -0.2) is 4.39 Å². The Bertz CT molecular complexity index is 1050. The third kappa shape index (κ3) is 3.20. The van der Waals surface area contributed by atoms with E-state index in [1.165, 1.54) is 43.5 Å². The molecule has 0 bridgehead atoms. The summed E-state index contributed by atoms with van der Waals surface area (Å²) in [6, 6.07) is 9.31. The Kier molecular flexibility index (Phi) is 4.68. The summed E-state index contributed by atoms with van der Waals surface area (Å²) in [6.07, 6.45) is 0. The van der Waals surface area contributed by atoms with Crippen molar-refractivity contribution in [2.45, 2.75) is 4.90 Å². The second kappa shape index (κ2) is 6.62. The van der Waals surface area contributed by atoms with Gasteiger partial charge >= 0.3 is 6.01 Å². The van der Waals surface area contributed by atoms with Gasteiger partial charge in [0.15, 0.2) is 5.82 Å². The van der Waals surface area contributed by atoms with Crippen molar-refractivity contribution in [2.75, 3.05) is 7.11 Å². The molecule has 0 fully saturated rings. The monoisotopic (exact) mass is 401 g/mol. The SMILES string of the molecule is COc1nc(-c2ccccc2F)n(S(=O)(=O)c2cc(Cl)ccc2Cl)n1. The molecular weight excluding hydrogens is 392 g/mol. The van der Waals surface area contributed by atoms with Crippen LogP contribution >= 0.6 is 23.2 Å². The van der Waals surface area contributed by atoms with Crippen LogP contribution in [0.1, 0.15) is 0 Å². The highest BCUT2D eigenvalue weighted by atomic mass is 35.5. The zero-order chi connectivity index (χ0) is 18.2. The van der Waals surface area contributed by atoms with E-state index in [0.29, 0.717) is 4.09 Å². The van der Waals surface area contributed by atoms with Gasteiger partial charge in [0.25, 0.3) is 10.0 Å². The molecule has 0 spiro atoms. The Morgan fingerprint density at radius 3 is 2.56 bits per heavy atom. The van der Waals surface area contributed by atoms with Crippen molar-refractivity contribution in [3.63, 3.8) is 0 Å². The smallest absolute Gasteiger partial charge is 0.336 e. The normalized spacial score (nSPS) is 11.5. The Morgan fingerprint density at radius 2 is 1.88 bits per heavy atom. The van der Waals surface area contributed by atoms with E-state index in [9.17, 15) is 12.8 Å². The van der Waals surface area contributed by atoms with Crippen LogP contribution in [0.3, 0.4) is 0 Å². The molecule has 6 nitrogen and oxygen atoms in total. The van der Waals surface area contributed by atoms with E-state index in [2.05, 4.69) is 10.1 Å². The average Bonchev–Trinajstić information content (AvgIpc) is 3.02. The minimum absolute atomic E-state index is 0.0555. The van der Waals surface area contributed by atoms with E-state index >= 15 is 0 Å². The molecular formula is C15H10Cl2FN3O3S. The van der Waals surface area contributed by atoms with E-state index in [-0.39, 0.29) is 32.3 Å². The number of hydrogen-bond donors (Lipinski definition) is 0. The molecule has 130 valence electrons. The van der Waals surface area contributed by atoms with E-state index < -0.39 is 15.8 Å². The minimum Gasteiger partial charge on any atom is -0.466 e. The molecule has 0 radical (unpaired) electrons. The standard InChI is InChI=1S/C15H10Cl2FN3O3S/c1-24-15-19-14(10-4-2-3-5-12(10)18)21(20-15)25(22,23)13-8-9(16)6-7-11(13)17/h2-8H,1H3. The first-order chi connectivity index (χ1) is 11.8. The second-order valence-corrected chi connectivity index (χ2v) is 7.40. The summed E-state index contributed by atoms with van der Waals surface area (Å²) in [5.74, 6) is -0.905. The number of halogens is 3. The molecule has 1 heterocycles. The molecule has 0 aliphatic rings. The maximum absolute atomic E-state index is 14.1. The van der Waals surface area contributed by atoms with Crippen LogP contribution in [-0.2, 0) is 10.0 Å². The lowest BCUT2D eigenvalue weighted by Crippen LogP contribution is -2.17. The van der Waals surface area contributed by atoms with Crippen molar-refractivity contribution < 1.29 is 17.5 Å². The molecule has 0 saturated heterocycles. The predicted octanol–water partition coefficient (Wildman–Crippen LogP) is 3.64. The van der Waals surface area contributed by atoms with Gasteiger partial charge in [0.2, 0.25) is 0 Å². The topological polar surface area (TPSA) is 74.1 Å². The summed E-state index contributed by atoms with van der Waals surface area (Å²) in [4.78, 5) is 3.65. The summed E-state index contributed by atoms with van der Waals surface area (Å²) in [5.41, 5.74) is -0.0555. The van der Waals surface area contributed by atoms with Crippen LogP contribution in [0, 0.1) is 5.82 Å². The van der Waals surface area contributed by atoms with Crippen LogP contribution < -0.4 is 4.74 Å². The van der Waals surface area contributed by atoms with Gasteiger partial charge in [-0.15, -0.1) is 4.09 Å². The Morgan fingerprint density at radius 1 is 1.16 bits per heavy atom. The number of aromatic nitrogens is 3. The maximum Gasteiger partial charge on any atom is 0.336 e. The van der Waals surface area contributed by atoms with Crippen molar-refractivity contribution in [1.82, 2.24) is 14.2 Å². The zero-order valence-electron chi connectivity index (χ0n) is 12.6. The molecule has 2 aromatic carbocycles. The average molecular weight is 402 g/mol. The molecule has 0 saturated carbocycles. The highest BCUT2D eigenvalue weighted by molar-refractivity contribution is 7.90. The molecule has 0 atom stereocenters. The number of hydrogen-bond acceptors (Lipinski definition) is 5. The van der Waals surface area contributed by atoms with Crippen molar-refractivity contribution >= 4 is 33.2 Å². The van der Waals surface area contributed by atoms with Gasteiger partial charge < -0.3 is 4.74 Å². The maximum atomic E-state index is 14.1. The highest BCUT2D eigenvalue weighted by Gasteiger charge is 2.28. The Balaban J connectivity index is 2.28. The first kappa shape index (κ1) is 17.7. The largest absolute Gasteiger partial charge is 0.466 e. The van der Waals surface area contributed by atoms with Crippen LogP contribution in [0.2, 0.25) is 10.0 Å². The van der Waals surface area contributed by atoms with Gasteiger partial charge in [-0.05, 0) is 30.3 Å². The number of benzene rings is 2. The first-order valence-electron chi connectivity index (χ1n) is 6.81. The number of methoxy groups -OCH3 is 1. The second-order valence-electron chi connectivity index (χ2n) is 4.82. The molecule has 3 rings (SSSR count). The van der Waals surface area contributed by atoms with Gasteiger partial charge in [0.1, 0.15) is 10.7 Å². The summed E-state index contributed by atoms with van der Waals surface area (Å²) >= 11 is 11.9. The quantitative estimate of drug-likeness (QED) is 0.666. The van der Waals surface area contributed by atoms with Gasteiger partial charge in [-0.3, -0.25) is 0 Å². The molecule has 0 aliphatic heterocycles. The van der Waals surface area contributed by atoms with E-state index in [1.54, 1.807) is 6.07 Å². The van der Waals surface area contributed by atoms with E-state index in [0.717, 1.165) is 0 Å². The fourth-order valence-corrected chi connectivity index (χ4v) is 4.08. The fraction of sp³-hybridized carbons (Fsp3) is 0.0667. The molecule has 0 N–H and O–H groups in total. The van der Waals surface area contributed by atoms with Crippen LogP contribution in [0.5, 0.6) is 6.01 Å². The molecule has 0 amide bonds. The number of nitrogens with zero attached hydrogens (tertiary/aromatic N) is 3. The summed E-state index contributed by atoms with van der Waals surface area (Å²) in [6.45, 7) is 0. The Labute approximate surface area is 152 Å². The lowest BCUT2D eigenvalue weighted by Gasteiger charge is -2.09. The third-order valence-corrected chi connectivity index (χ3v) is 5.54. The molecule has 3 aromatic rings. The molecule has 10 heteroatoms.